The number of nitrogens with two attached hydrogens (primary N) is 1. The van der Waals surface area contributed by atoms with Gasteiger partial charge in [0.25, 0.3) is 0 Å². The van der Waals surface area contributed by atoms with Crippen molar-refractivity contribution in [1.82, 2.24) is 0 Å². The number of nitrogen functional groups attached to an aromatic ring is 1. The summed E-state index contributed by atoms with van der Waals surface area (Å²) in [5, 5.41) is 8.67. The summed E-state index contributed by atoms with van der Waals surface area (Å²) >= 11 is 0. The molecule has 0 aliphatic rings. The monoisotopic (exact) mass is 299 g/mol. The normalized spacial score (nSPS) is 10.6. The number of benzene rings is 2. The van der Waals surface area contributed by atoms with Crippen molar-refractivity contribution in [3.8, 4) is 11.5 Å². The third kappa shape index (κ3) is 4.02. The van der Waals surface area contributed by atoms with E-state index in [1.807, 2.05) is 30.3 Å². The highest BCUT2D eigenvalue weighted by atomic mass is 16.5. The fraction of sp³-hybridized carbons (Fsp3) is 0.118. The fourth-order valence-corrected chi connectivity index (χ4v) is 1.90. The highest BCUT2D eigenvalue weighted by Gasteiger charge is 2.09. The number of anilines is 1. The first-order chi connectivity index (χ1) is 10.6. The van der Waals surface area contributed by atoms with Crippen molar-refractivity contribution in [3.63, 3.8) is 0 Å². The van der Waals surface area contributed by atoms with Crippen LogP contribution in [0.25, 0.3) is 6.08 Å². The van der Waals surface area contributed by atoms with Crippen LogP contribution in [-0.4, -0.2) is 18.2 Å². The van der Waals surface area contributed by atoms with Gasteiger partial charge in [-0.05, 0) is 17.7 Å². The number of carbonyl (C=O) groups is 1. The molecule has 0 aliphatic carbocycles. The summed E-state index contributed by atoms with van der Waals surface area (Å²) in [5.41, 5.74) is 7.93. The van der Waals surface area contributed by atoms with Gasteiger partial charge in [-0.25, -0.2) is 4.79 Å². The van der Waals surface area contributed by atoms with Crippen LogP contribution in [0.2, 0.25) is 0 Å². The highest BCUT2D eigenvalue weighted by molar-refractivity contribution is 5.87. The SMILES string of the molecule is COc1cc(C=CC(=O)O)c(N)cc1OCc1ccccc1. The summed E-state index contributed by atoms with van der Waals surface area (Å²) in [6, 6.07) is 13.0. The number of carboxylic acid groups (broad SMARTS) is 1. The molecule has 22 heavy (non-hydrogen) atoms. The minimum absolute atomic E-state index is 0.390. The molecule has 5 nitrogen and oxygen atoms in total. The van der Waals surface area contributed by atoms with E-state index in [0.29, 0.717) is 29.4 Å². The molecule has 0 saturated heterocycles. The Labute approximate surface area is 128 Å². The summed E-state index contributed by atoms with van der Waals surface area (Å²) in [4.78, 5) is 10.6. The second-order valence-corrected chi connectivity index (χ2v) is 4.58. The van der Waals surface area contributed by atoms with Crippen LogP contribution >= 0.6 is 0 Å². The quantitative estimate of drug-likeness (QED) is 0.633. The molecule has 0 aromatic heterocycles. The Hall–Kier alpha value is -2.95. The average molecular weight is 299 g/mol. The van der Waals surface area contributed by atoms with Crippen LogP contribution in [0.4, 0.5) is 5.69 Å². The molecule has 0 amide bonds. The predicted molar refractivity (Wildman–Crippen MR) is 84.9 cm³/mol. The lowest BCUT2D eigenvalue weighted by atomic mass is 10.1. The van der Waals surface area contributed by atoms with Gasteiger partial charge in [0, 0.05) is 23.4 Å². The Morgan fingerprint density at radius 1 is 1.23 bits per heavy atom. The Kier molecular flexibility index (Phi) is 5.03. The molecular weight excluding hydrogens is 282 g/mol. The molecule has 2 aromatic carbocycles. The van der Waals surface area contributed by atoms with Crippen molar-refractivity contribution in [2.45, 2.75) is 6.61 Å². The lowest BCUT2D eigenvalue weighted by Crippen LogP contribution is -2.00. The zero-order valence-corrected chi connectivity index (χ0v) is 12.2. The van der Waals surface area contributed by atoms with E-state index in [9.17, 15) is 4.79 Å². The molecule has 0 fully saturated rings. The van der Waals surface area contributed by atoms with E-state index >= 15 is 0 Å². The van der Waals surface area contributed by atoms with Gasteiger partial charge in [-0.3, -0.25) is 0 Å². The Morgan fingerprint density at radius 2 is 1.95 bits per heavy atom. The minimum Gasteiger partial charge on any atom is -0.493 e. The zero-order valence-electron chi connectivity index (χ0n) is 12.2. The van der Waals surface area contributed by atoms with E-state index in [2.05, 4.69) is 0 Å². The number of hydrogen-bond donors (Lipinski definition) is 2. The predicted octanol–water partition coefficient (Wildman–Crippen LogP) is 2.95. The molecule has 2 rings (SSSR count). The Morgan fingerprint density at radius 3 is 2.59 bits per heavy atom. The molecule has 0 bridgehead atoms. The van der Waals surface area contributed by atoms with Crippen LogP contribution in [0.15, 0.2) is 48.5 Å². The van der Waals surface area contributed by atoms with Crippen molar-refractivity contribution < 1.29 is 19.4 Å². The summed E-state index contributed by atoms with van der Waals surface area (Å²) in [6.07, 6.45) is 2.44. The van der Waals surface area contributed by atoms with E-state index in [4.69, 9.17) is 20.3 Å². The second-order valence-electron chi connectivity index (χ2n) is 4.58. The first-order valence-corrected chi connectivity index (χ1v) is 6.65. The van der Waals surface area contributed by atoms with E-state index in [0.717, 1.165) is 11.6 Å². The van der Waals surface area contributed by atoms with Crippen molar-refractivity contribution in [3.05, 3.63) is 59.7 Å². The molecule has 0 atom stereocenters. The summed E-state index contributed by atoms with van der Waals surface area (Å²) in [7, 11) is 1.52. The molecule has 3 N–H and O–H groups in total. The van der Waals surface area contributed by atoms with Crippen LogP contribution < -0.4 is 15.2 Å². The first-order valence-electron chi connectivity index (χ1n) is 6.65. The molecule has 0 radical (unpaired) electrons. The van der Waals surface area contributed by atoms with Gasteiger partial charge in [-0.15, -0.1) is 0 Å². The van der Waals surface area contributed by atoms with Crippen molar-refractivity contribution in [1.29, 1.82) is 0 Å². The number of hydrogen-bond acceptors (Lipinski definition) is 4. The number of rotatable bonds is 6. The van der Waals surface area contributed by atoms with Gasteiger partial charge >= 0.3 is 5.97 Å². The first kappa shape index (κ1) is 15.4. The maximum absolute atomic E-state index is 10.6. The van der Waals surface area contributed by atoms with Gasteiger partial charge < -0.3 is 20.3 Å². The number of aliphatic carboxylic acids is 1. The third-order valence-corrected chi connectivity index (χ3v) is 3.01. The molecule has 2 aromatic rings. The fourth-order valence-electron chi connectivity index (χ4n) is 1.90. The van der Waals surface area contributed by atoms with Gasteiger partial charge in [0.1, 0.15) is 6.61 Å². The minimum atomic E-state index is -1.04. The number of methoxy groups -OCH3 is 1. The molecular formula is C17H17NO4. The maximum Gasteiger partial charge on any atom is 0.328 e. The standard InChI is InChI=1S/C17H17NO4/c1-21-15-9-13(7-8-17(19)20)14(18)10-16(15)22-11-12-5-3-2-4-6-12/h2-10H,11,18H2,1H3,(H,19,20). The molecule has 0 spiro atoms. The Balaban J connectivity index is 2.21. The summed E-state index contributed by atoms with van der Waals surface area (Å²) in [6.45, 7) is 0.390. The second kappa shape index (κ2) is 7.17. The summed E-state index contributed by atoms with van der Waals surface area (Å²) < 4.78 is 11.0. The maximum atomic E-state index is 10.6. The molecule has 114 valence electrons. The molecule has 0 saturated carbocycles. The average Bonchev–Trinajstić information content (AvgIpc) is 2.52. The van der Waals surface area contributed by atoms with Gasteiger partial charge in [-0.1, -0.05) is 30.3 Å². The van der Waals surface area contributed by atoms with Gasteiger partial charge in [0.15, 0.2) is 11.5 Å². The molecule has 0 unspecified atom stereocenters. The molecule has 5 heteroatoms. The van der Waals surface area contributed by atoms with Gasteiger partial charge in [0.2, 0.25) is 0 Å². The van der Waals surface area contributed by atoms with Gasteiger partial charge in [-0.2, -0.15) is 0 Å². The zero-order chi connectivity index (χ0) is 15.9. The number of carboxylic acids is 1. The largest absolute Gasteiger partial charge is 0.493 e. The molecule has 0 aliphatic heterocycles. The van der Waals surface area contributed by atoms with Crippen molar-refractivity contribution >= 4 is 17.7 Å². The van der Waals surface area contributed by atoms with E-state index in [1.54, 1.807) is 12.1 Å². The molecule has 0 heterocycles. The van der Waals surface area contributed by atoms with Gasteiger partial charge in [0.05, 0.1) is 7.11 Å². The smallest absolute Gasteiger partial charge is 0.328 e. The number of ether oxygens (including phenoxy) is 2. The van der Waals surface area contributed by atoms with Crippen LogP contribution in [0, 0.1) is 0 Å². The van der Waals surface area contributed by atoms with E-state index in [1.165, 1.54) is 13.2 Å². The van der Waals surface area contributed by atoms with E-state index in [-0.39, 0.29) is 0 Å². The summed E-state index contributed by atoms with van der Waals surface area (Å²) in [5.74, 6) is -0.0331. The van der Waals surface area contributed by atoms with Crippen molar-refractivity contribution in [2.75, 3.05) is 12.8 Å². The lowest BCUT2D eigenvalue weighted by Gasteiger charge is -2.13. The van der Waals surface area contributed by atoms with Crippen molar-refractivity contribution in [2.24, 2.45) is 0 Å². The third-order valence-electron chi connectivity index (χ3n) is 3.01. The van der Waals surface area contributed by atoms with Crippen LogP contribution in [0.3, 0.4) is 0 Å². The van der Waals surface area contributed by atoms with E-state index < -0.39 is 5.97 Å². The Bertz CT molecular complexity index is 681. The lowest BCUT2D eigenvalue weighted by molar-refractivity contribution is -0.131. The van der Waals surface area contributed by atoms with Crippen LogP contribution in [-0.2, 0) is 11.4 Å². The topological polar surface area (TPSA) is 81.8 Å². The van der Waals surface area contributed by atoms with Crippen LogP contribution in [0.1, 0.15) is 11.1 Å². The highest BCUT2D eigenvalue weighted by Crippen LogP contribution is 2.33. The van der Waals surface area contributed by atoms with Crippen LogP contribution in [0.5, 0.6) is 11.5 Å².